The molecule has 4 rings (SSSR count). The molecular formula is C20H23N7O. The molecule has 0 aliphatic carbocycles. The van der Waals surface area contributed by atoms with E-state index >= 15 is 0 Å². The third kappa shape index (κ3) is 2.87. The van der Waals surface area contributed by atoms with Gasteiger partial charge in [-0.25, -0.2) is 9.97 Å². The molecule has 0 aliphatic heterocycles. The number of carbonyl (C=O) groups excluding carboxylic acids is 1. The van der Waals surface area contributed by atoms with Crippen LogP contribution in [0.15, 0.2) is 36.8 Å². The van der Waals surface area contributed by atoms with Crippen molar-refractivity contribution in [1.82, 2.24) is 24.1 Å². The Labute approximate surface area is 162 Å². The largest absolute Gasteiger partial charge is 0.373 e. The van der Waals surface area contributed by atoms with E-state index in [9.17, 15) is 4.79 Å². The molecule has 0 fully saturated rings. The van der Waals surface area contributed by atoms with Gasteiger partial charge in [0.25, 0.3) is 0 Å². The maximum Gasteiger partial charge on any atom is 0.224 e. The molecule has 0 aromatic carbocycles. The van der Waals surface area contributed by atoms with Crippen molar-refractivity contribution < 1.29 is 4.79 Å². The first-order chi connectivity index (χ1) is 13.5. The number of hydrogen-bond acceptors (Lipinski definition) is 5. The van der Waals surface area contributed by atoms with E-state index in [-0.39, 0.29) is 11.9 Å². The number of carbonyl (C=O) groups is 1. The van der Waals surface area contributed by atoms with Crippen LogP contribution in [0.5, 0.6) is 0 Å². The summed E-state index contributed by atoms with van der Waals surface area (Å²) in [5.41, 5.74) is 3.90. The van der Waals surface area contributed by atoms with Crippen LogP contribution in [0.25, 0.3) is 27.9 Å². The molecule has 0 unspecified atom stereocenters. The van der Waals surface area contributed by atoms with Crippen molar-refractivity contribution in [3.05, 3.63) is 36.8 Å². The summed E-state index contributed by atoms with van der Waals surface area (Å²) in [6.07, 6.45) is 5.90. The molecule has 8 heteroatoms. The standard InChI is InChI=1S/C20H23N7O/c1-5-18(28)24-16-10-23-27-17(21-4)9-15(25-20(16)27)14-11-26(12(2)3)19-13(14)7-6-8-22-19/h6-12,21H,5H2,1-4H3,(H,24,28). The first kappa shape index (κ1) is 18.0. The van der Waals surface area contributed by atoms with Crippen LogP contribution in [0, 0.1) is 0 Å². The summed E-state index contributed by atoms with van der Waals surface area (Å²) in [6, 6.07) is 6.21. The third-order valence-corrected chi connectivity index (χ3v) is 4.75. The molecule has 0 aliphatic rings. The summed E-state index contributed by atoms with van der Waals surface area (Å²) in [4.78, 5) is 21.3. The van der Waals surface area contributed by atoms with Crippen LogP contribution in [0.1, 0.15) is 33.2 Å². The molecule has 2 N–H and O–H groups in total. The van der Waals surface area contributed by atoms with Crippen molar-refractivity contribution >= 4 is 34.1 Å². The zero-order valence-electron chi connectivity index (χ0n) is 16.4. The Morgan fingerprint density at radius 3 is 2.82 bits per heavy atom. The zero-order valence-corrected chi connectivity index (χ0v) is 16.4. The zero-order chi connectivity index (χ0) is 19.8. The highest BCUT2D eigenvalue weighted by molar-refractivity contribution is 5.96. The van der Waals surface area contributed by atoms with E-state index in [1.165, 1.54) is 0 Å². The molecule has 4 aromatic heterocycles. The highest BCUT2D eigenvalue weighted by Gasteiger charge is 2.18. The van der Waals surface area contributed by atoms with Gasteiger partial charge in [0.1, 0.15) is 17.2 Å². The lowest BCUT2D eigenvalue weighted by Gasteiger charge is -2.08. The molecule has 0 saturated heterocycles. The minimum Gasteiger partial charge on any atom is -0.373 e. The maximum absolute atomic E-state index is 11.9. The predicted molar refractivity (Wildman–Crippen MR) is 111 cm³/mol. The number of nitrogens with zero attached hydrogens (tertiary/aromatic N) is 5. The smallest absolute Gasteiger partial charge is 0.224 e. The number of rotatable bonds is 5. The Bertz CT molecular complexity index is 1170. The topological polar surface area (TPSA) is 89.1 Å². The van der Waals surface area contributed by atoms with Gasteiger partial charge in [-0.15, -0.1) is 0 Å². The van der Waals surface area contributed by atoms with Gasteiger partial charge < -0.3 is 15.2 Å². The highest BCUT2D eigenvalue weighted by Crippen LogP contribution is 2.33. The monoisotopic (exact) mass is 377 g/mol. The number of fused-ring (bicyclic) bond motifs is 2. The van der Waals surface area contributed by atoms with Crippen molar-refractivity contribution in [2.75, 3.05) is 17.7 Å². The van der Waals surface area contributed by atoms with E-state index in [2.05, 4.69) is 51.4 Å². The minimum atomic E-state index is -0.0753. The normalized spacial score (nSPS) is 11.5. The van der Waals surface area contributed by atoms with Crippen LogP contribution in [-0.4, -0.2) is 37.1 Å². The number of amides is 1. The van der Waals surface area contributed by atoms with Crippen molar-refractivity contribution in [2.45, 2.75) is 33.2 Å². The molecular weight excluding hydrogens is 354 g/mol. The van der Waals surface area contributed by atoms with Gasteiger partial charge >= 0.3 is 0 Å². The Morgan fingerprint density at radius 1 is 1.29 bits per heavy atom. The first-order valence-electron chi connectivity index (χ1n) is 9.35. The Kier molecular flexibility index (Phi) is 4.46. The number of nitrogens with one attached hydrogen (secondary N) is 2. The van der Waals surface area contributed by atoms with Crippen molar-refractivity contribution in [3.8, 4) is 11.3 Å². The van der Waals surface area contributed by atoms with Crippen LogP contribution in [-0.2, 0) is 4.79 Å². The minimum absolute atomic E-state index is 0.0753. The van der Waals surface area contributed by atoms with E-state index in [4.69, 9.17) is 4.98 Å². The average Bonchev–Trinajstić information content (AvgIpc) is 3.29. The number of anilines is 2. The second kappa shape index (κ2) is 6.95. The maximum atomic E-state index is 11.9. The Balaban J connectivity index is 1.95. The van der Waals surface area contributed by atoms with Gasteiger partial charge in [-0.05, 0) is 26.0 Å². The summed E-state index contributed by atoms with van der Waals surface area (Å²) >= 11 is 0. The lowest BCUT2D eigenvalue weighted by Crippen LogP contribution is -2.10. The summed E-state index contributed by atoms with van der Waals surface area (Å²) in [7, 11) is 1.84. The fraction of sp³-hybridized carbons (Fsp3) is 0.300. The predicted octanol–water partition coefficient (Wildman–Crippen LogP) is 3.72. The molecule has 0 bridgehead atoms. The lowest BCUT2D eigenvalue weighted by atomic mass is 10.1. The fourth-order valence-electron chi connectivity index (χ4n) is 3.29. The highest BCUT2D eigenvalue weighted by atomic mass is 16.1. The van der Waals surface area contributed by atoms with Crippen LogP contribution < -0.4 is 10.6 Å². The van der Waals surface area contributed by atoms with Crippen LogP contribution in [0.4, 0.5) is 11.5 Å². The summed E-state index contributed by atoms with van der Waals surface area (Å²) in [5.74, 6) is 0.708. The SMILES string of the molecule is CCC(=O)Nc1cnn2c(NC)cc(-c3cn(C(C)C)c4ncccc34)nc12. The van der Waals surface area contributed by atoms with Crippen LogP contribution in [0.3, 0.4) is 0 Å². The van der Waals surface area contributed by atoms with E-state index in [0.29, 0.717) is 17.8 Å². The molecule has 144 valence electrons. The quantitative estimate of drug-likeness (QED) is 0.553. The molecule has 4 heterocycles. The van der Waals surface area contributed by atoms with Gasteiger partial charge in [-0.1, -0.05) is 6.92 Å². The van der Waals surface area contributed by atoms with Crippen molar-refractivity contribution in [3.63, 3.8) is 0 Å². The molecule has 8 nitrogen and oxygen atoms in total. The average molecular weight is 377 g/mol. The molecule has 0 atom stereocenters. The molecule has 0 spiro atoms. The van der Waals surface area contributed by atoms with Gasteiger partial charge in [0.15, 0.2) is 5.65 Å². The number of pyridine rings is 1. The summed E-state index contributed by atoms with van der Waals surface area (Å²) in [5, 5.41) is 11.4. The van der Waals surface area contributed by atoms with Crippen molar-refractivity contribution in [1.29, 1.82) is 0 Å². The van der Waals surface area contributed by atoms with Gasteiger partial charge in [-0.3, -0.25) is 4.79 Å². The molecule has 1 amide bonds. The summed E-state index contributed by atoms with van der Waals surface area (Å²) < 4.78 is 3.83. The van der Waals surface area contributed by atoms with Gasteiger partial charge in [0.2, 0.25) is 5.91 Å². The Hall–Kier alpha value is -3.42. The van der Waals surface area contributed by atoms with Gasteiger partial charge in [-0.2, -0.15) is 9.61 Å². The lowest BCUT2D eigenvalue weighted by molar-refractivity contribution is -0.115. The molecule has 4 aromatic rings. The molecule has 0 radical (unpaired) electrons. The summed E-state index contributed by atoms with van der Waals surface area (Å²) in [6.45, 7) is 6.07. The second-order valence-electron chi connectivity index (χ2n) is 6.89. The van der Waals surface area contributed by atoms with E-state index < -0.39 is 0 Å². The van der Waals surface area contributed by atoms with Gasteiger partial charge in [0, 0.05) is 48.9 Å². The Morgan fingerprint density at radius 2 is 2.11 bits per heavy atom. The first-order valence-corrected chi connectivity index (χ1v) is 9.35. The fourth-order valence-corrected chi connectivity index (χ4v) is 3.29. The molecule has 0 saturated carbocycles. The van der Waals surface area contributed by atoms with E-state index in [1.54, 1.807) is 16.9 Å². The second-order valence-corrected chi connectivity index (χ2v) is 6.89. The number of aromatic nitrogens is 5. The molecule has 28 heavy (non-hydrogen) atoms. The van der Waals surface area contributed by atoms with Crippen LogP contribution in [0.2, 0.25) is 0 Å². The van der Waals surface area contributed by atoms with E-state index in [1.807, 2.05) is 26.1 Å². The van der Waals surface area contributed by atoms with Crippen molar-refractivity contribution in [2.24, 2.45) is 0 Å². The van der Waals surface area contributed by atoms with E-state index in [0.717, 1.165) is 28.1 Å². The number of hydrogen-bond donors (Lipinski definition) is 2. The van der Waals surface area contributed by atoms with Crippen LogP contribution >= 0.6 is 0 Å². The third-order valence-electron chi connectivity index (χ3n) is 4.75. The van der Waals surface area contributed by atoms with Gasteiger partial charge in [0.05, 0.1) is 11.9 Å².